The molecule has 4 N–H and O–H groups in total. The van der Waals surface area contributed by atoms with Crippen molar-refractivity contribution in [1.82, 2.24) is 21.5 Å². The Hall–Kier alpha value is -2.15. The number of carbonyl (C=O) groups excluding carboxylic acids is 2. The van der Waals surface area contributed by atoms with Crippen LogP contribution in [0.3, 0.4) is 0 Å². The maximum Gasteiger partial charge on any atom is 0.261 e. The van der Waals surface area contributed by atoms with Gasteiger partial charge in [0.05, 0.1) is 0 Å². The van der Waals surface area contributed by atoms with Gasteiger partial charge in [0.15, 0.2) is 5.11 Å². The first-order valence-electron chi connectivity index (χ1n) is 10.6. The highest BCUT2D eigenvalue weighted by atomic mass is 32.1. The van der Waals surface area contributed by atoms with Crippen molar-refractivity contribution >= 4 is 29.1 Å². The number of rotatable bonds is 6. The number of benzene rings is 1. The number of nitrogens with one attached hydrogen (secondary N) is 4. The van der Waals surface area contributed by atoms with Crippen LogP contribution in [0.25, 0.3) is 0 Å². The summed E-state index contributed by atoms with van der Waals surface area (Å²) in [6.07, 6.45) is 4.25. The molecular formula is C22H34N4O2S. The Balaban J connectivity index is 1.90. The smallest absolute Gasteiger partial charge is 0.261 e. The fraction of sp³-hybridized carbons (Fsp3) is 0.591. The van der Waals surface area contributed by atoms with Crippen LogP contribution in [0.15, 0.2) is 30.3 Å². The third kappa shape index (κ3) is 6.70. The van der Waals surface area contributed by atoms with Crippen molar-refractivity contribution in [3.05, 3.63) is 35.9 Å². The molecule has 0 aromatic heterocycles. The molecule has 0 bridgehead atoms. The van der Waals surface area contributed by atoms with Crippen LogP contribution in [0.2, 0.25) is 0 Å². The van der Waals surface area contributed by atoms with Gasteiger partial charge in [-0.2, -0.15) is 0 Å². The highest BCUT2D eigenvalue weighted by molar-refractivity contribution is 7.80. The molecule has 1 saturated carbocycles. The van der Waals surface area contributed by atoms with E-state index < -0.39 is 6.04 Å². The highest BCUT2D eigenvalue weighted by Gasteiger charge is 2.29. The van der Waals surface area contributed by atoms with E-state index in [-0.39, 0.29) is 17.7 Å². The van der Waals surface area contributed by atoms with Crippen molar-refractivity contribution in [3.8, 4) is 0 Å². The Bertz CT molecular complexity index is 697. The minimum absolute atomic E-state index is 0.0230. The van der Waals surface area contributed by atoms with Crippen molar-refractivity contribution in [3.63, 3.8) is 0 Å². The summed E-state index contributed by atoms with van der Waals surface area (Å²) in [6, 6.07) is 8.55. The second kappa shape index (κ2) is 11.1. The van der Waals surface area contributed by atoms with E-state index in [1.807, 2.05) is 19.9 Å². The number of thiocarbonyl (C=S) groups is 1. The predicted octanol–water partition coefficient (Wildman–Crippen LogP) is 3.15. The molecule has 2 amide bonds. The average Bonchev–Trinajstić information content (AvgIpc) is 2.73. The predicted molar refractivity (Wildman–Crippen MR) is 120 cm³/mol. The lowest BCUT2D eigenvalue weighted by atomic mass is 9.78. The van der Waals surface area contributed by atoms with Gasteiger partial charge >= 0.3 is 0 Å². The lowest BCUT2D eigenvalue weighted by molar-refractivity contribution is -0.124. The van der Waals surface area contributed by atoms with Crippen LogP contribution < -0.4 is 21.5 Å². The molecule has 160 valence electrons. The minimum atomic E-state index is -0.656. The zero-order chi connectivity index (χ0) is 21.4. The summed E-state index contributed by atoms with van der Waals surface area (Å²) in [6.45, 7) is 8.44. The second-order valence-corrected chi connectivity index (χ2v) is 8.57. The van der Waals surface area contributed by atoms with E-state index >= 15 is 0 Å². The lowest BCUT2D eigenvalue weighted by Crippen LogP contribution is -2.57. The Kier molecular flexibility index (Phi) is 8.89. The molecular weight excluding hydrogens is 384 g/mol. The van der Waals surface area contributed by atoms with E-state index in [2.05, 4.69) is 35.3 Å². The van der Waals surface area contributed by atoms with E-state index in [0.29, 0.717) is 28.6 Å². The minimum Gasteiger partial charge on any atom is -0.358 e. The molecule has 1 aliphatic carbocycles. The van der Waals surface area contributed by atoms with Crippen molar-refractivity contribution < 1.29 is 9.59 Å². The molecule has 1 aromatic carbocycles. The van der Waals surface area contributed by atoms with E-state index in [1.165, 1.54) is 12.8 Å². The Labute approximate surface area is 179 Å². The van der Waals surface area contributed by atoms with Crippen molar-refractivity contribution in [1.29, 1.82) is 0 Å². The molecule has 1 aliphatic rings. The summed E-state index contributed by atoms with van der Waals surface area (Å²) in [5, 5.41) is 6.57. The molecule has 29 heavy (non-hydrogen) atoms. The molecule has 0 heterocycles. The standard InChI is InChI=1S/C22H34N4O2S/c1-5-14(2)19(24-20(27)17-11-7-6-8-12-17)21(28)25-26-22(29)23-18-13-9-10-15(3)16(18)4/h6-8,11-12,14-16,18-19H,5,9-10,13H2,1-4H3,(H,24,27)(H,25,28)(H2,23,26,29)/t14-,15+,16-,18-,19-/m0/s1. The number of carbonyl (C=O) groups is 2. The molecule has 2 rings (SSSR count). The van der Waals surface area contributed by atoms with Gasteiger partial charge in [0, 0.05) is 11.6 Å². The summed E-state index contributed by atoms with van der Waals surface area (Å²) >= 11 is 5.37. The SMILES string of the molecule is CC[C@H](C)[C@H](NC(=O)c1ccccc1)C(=O)NNC(=S)N[C@H]1CCC[C@@H](C)[C@@H]1C. The van der Waals surface area contributed by atoms with E-state index in [4.69, 9.17) is 12.2 Å². The van der Waals surface area contributed by atoms with Gasteiger partial charge in [-0.15, -0.1) is 0 Å². The van der Waals surface area contributed by atoms with E-state index in [9.17, 15) is 9.59 Å². The normalized spacial score (nSPS) is 23.4. The first-order chi connectivity index (χ1) is 13.8. The number of amides is 2. The summed E-state index contributed by atoms with van der Waals surface area (Å²) in [5.41, 5.74) is 6.00. The summed E-state index contributed by atoms with van der Waals surface area (Å²) in [4.78, 5) is 25.2. The molecule has 0 saturated heterocycles. The van der Waals surface area contributed by atoms with Gasteiger partial charge in [-0.05, 0) is 48.5 Å². The third-order valence-electron chi connectivity index (χ3n) is 6.14. The van der Waals surface area contributed by atoms with Gasteiger partial charge in [-0.25, -0.2) is 0 Å². The first-order valence-corrected chi connectivity index (χ1v) is 11.0. The Morgan fingerprint density at radius 2 is 1.83 bits per heavy atom. The fourth-order valence-corrected chi connectivity index (χ4v) is 3.90. The van der Waals surface area contributed by atoms with E-state index in [0.717, 1.165) is 12.8 Å². The molecule has 1 aromatic rings. The van der Waals surface area contributed by atoms with Crippen LogP contribution in [0, 0.1) is 17.8 Å². The van der Waals surface area contributed by atoms with E-state index in [1.54, 1.807) is 24.3 Å². The van der Waals surface area contributed by atoms with Gasteiger partial charge < -0.3 is 10.6 Å². The largest absolute Gasteiger partial charge is 0.358 e. The highest BCUT2D eigenvalue weighted by Crippen LogP contribution is 2.29. The van der Waals surface area contributed by atoms with Gasteiger partial charge in [-0.1, -0.05) is 65.2 Å². The Morgan fingerprint density at radius 3 is 2.48 bits per heavy atom. The summed E-state index contributed by atoms with van der Waals surface area (Å²) in [5.74, 6) is 0.582. The van der Waals surface area contributed by atoms with Crippen LogP contribution in [-0.2, 0) is 4.79 Å². The van der Waals surface area contributed by atoms with Gasteiger partial charge in [0.1, 0.15) is 6.04 Å². The molecule has 6 nitrogen and oxygen atoms in total. The van der Waals surface area contributed by atoms with Crippen molar-refractivity contribution in [2.45, 2.75) is 65.5 Å². The molecule has 0 radical (unpaired) electrons. The molecule has 0 spiro atoms. The average molecular weight is 419 g/mol. The third-order valence-corrected chi connectivity index (χ3v) is 6.36. The molecule has 7 heteroatoms. The quantitative estimate of drug-likeness (QED) is 0.421. The summed E-state index contributed by atoms with van der Waals surface area (Å²) in [7, 11) is 0. The zero-order valence-corrected chi connectivity index (χ0v) is 18.6. The molecule has 0 aliphatic heterocycles. The lowest BCUT2D eigenvalue weighted by Gasteiger charge is -2.35. The molecule has 0 unspecified atom stereocenters. The van der Waals surface area contributed by atoms with Crippen molar-refractivity contribution in [2.75, 3.05) is 0 Å². The van der Waals surface area contributed by atoms with Crippen LogP contribution in [0.1, 0.15) is 63.7 Å². The van der Waals surface area contributed by atoms with Crippen LogP contribution in [-0.4, -0.2) is 29.0 Å². The number of hydrazine groups is 1. The van der Waals surface area contributed by atoms with Gasteiger partial charge in [-0.3, -0.25) is 20.4 Å². The zero-order valence-electron chi connectivity index (χ0n) is 17.8. The van der Waals surface area contributed by atoms with Crippen LogP contribution in [0.4, 0.5) is 0 Å². The van der Waals surface area contributed by atoms with Crippen molar-refractivity contribution in [2.24, 2.45) is 17.8 Å². The van der Waals surface area contributed by atoms with Crippen LogP contribution in [0.5, 0.6) is 0 Å². The second-order valence-electron chi connectivity index (χ2n) is 8.16. The molecule has 1 fully saturated rings. The summed E-state index contributed by atoms with van der Waals surface area (Å²) < 4.78 is 0. The topological polar surface area (TPSA) is 82.3 Å². The first kappa shape index (κ1) is 23.1. The van der Waals surface area contributed by atoms with Crippen LogP contribution >= 0.6 is 12.2 Å². The maximum atomic E-state index is 12.7. The van der Waals surface area contributed by atoms with Gasteiger partial charge in [0.2, 0.25) is 0 Å². The monoisotopic (exact) mass is 418 g/mol. The maximum absolute atomic E-state index is 12.7. The molecule has 5 atom stereocenters. The Morgan fingerprint density at radius 1 is 1.14 bits per heavy atom. The number of hydrogen-bond donors (Lipinski definition) is 4. The number of hydrogen-bond acceptors (Lipinski definition) is 3. The van der Waals surface area contributed by atoms with Gasteiger partial charge in [0.25, 0.3) is 11.8 Å². The fourth-order valence-electron chi connectivity index (χ4n) is 3.70.